The fourth-order valence-corrected chi connectivity index (χ4v) is 1.77. The number of hydrogen-bond donors (Lipinski definition) is 0. The van der Waals surface area contributed by atoms with E-state index < -0.39 is 0 Å². The van der Waals surface area contributed by atoms with Gasteiger partial charge in [0.25, 0.3) is 0 Å². The Bertz CT molecular complexity index is 46.8. The lowest BCUT2D eigenvalue weighted by Gasteiger charge is -1.69. The van der Waals surface area contributed by atoms with Crippen molar-refractivity contribution in [3.63, 3.8) is 0 Å². The van der Waals surface area contributed by atoms with E-state index in [1.807, 2.05) is 21.6 Å². The summed E-state index contributed by atoms with van der Waals surface area (Å²) in [4.78, 5) is 0. The first-order valence-corrected chi connectivity index (χ1v) is 3.81. The molecule has 3 heteroatoms. The van der Waals surface area contributed by atoms with Gasteiger partial charge in [0.05, 0.1) is 0 Å². The zero-order chi connectivity index (χ0) is 3.54. The van der Waals surface area contributed by atoms with Gasteiger partial charge >= 0.3 is 0 Å². The molecule has 0 amide bonds. The average Bonchev–Trinajstić information content (AvgIpc) is 1.76. The second-order valence-electron chi connectivity index (χ2n) is 0.753. The zero-order valence-electron chi connectivity index (χ0n) is 2.68. The summed E-state index contributed by atoms with van der Waals surface area (Å²) in [7, 11) is 3.69. The Hall–Kier alpha value is 0.657. The van der Waals surface area contributed by atoms with E-state index in [1.54, 1.807) is 0 Å². The van der Waals surface area contributed by atoms with Crippen molar-refractivity contribution in [1.82, 2.24) is 0 Å². The summed E-state index contributed by atoms with van der Waals surface area (Å²) in [5.74, 6) is 1.20. The van der Waals surface area contributed by atoms with Gasteiger partial charge in [-0.3, -0.25) is 0 Å². The molecule has 0 N–H and O–H groups in total. The summed E-state index contributed by atoms with van der Waals surface area (Å²) in [6.45, 7) is 0. The minimum atomic E-state index is 0. The van der Waals surface area contributed by atoms with Gasteiger partial charge in [0, 0.05) is 5.75 Å². The number of hydrogen-bond acceptors (Lipinski definition) is 2. The van der Waals surface area contributed by atoms with Crippen LogP contribution in [-0.4, -0.2) is 16.7 Å². The molecule has 0 aromatic carbocycles. The highest BCUT2D eigenvalue weighted by atomic mass is 33.1. The first-order valence-electron chi connectivity index (χ1n) is 1.43. The van der Waals surface area contributed by atoms with Crippen molar-refractivity contribution in [3.8, 4) is 0 Å². The Morgan fingerprint density at radius 1 is 1.50 bits per heavy atom. The quantitative estimate of drug-likeness (QED) is 0.350. The van der Waals surface area contributed by atoms with Crippen molar-refractivity contribution < 1.29 is 0 Å². The molecule has 0 spiro atoms. The van der Waals surface area contributed by atoms with E-state index >= 15 is 0 Å². The van der Waals surface area contributed by atoms with Crippen LogP contribution in [0.2, 0.25) is 0 Å². The van der Waals surface area contributed by atoms with Gasteiger partial charge in [-0.05, 0) is 16.4 Å². The van der Waals surface area contributed by atoms with Gasteiger partial charge in [0.2, 0.25) is 0 Å². The van der Waals surface area contributed by atoms with Crippen LogP contribution in [0.1, 0.15) is 0 Å². The summed E-state index contributed by atoms with van der Waals surface area (Å²) < 4.78 is 0. The van der Waals surface area contributed by atoms with Gasteiger partial charge < -0.3 is 0 Å². The van der Waals surface area contributed by atoms with Crippen LogP contribution in [0.5, 0.6) is 0 Å². The summed E-state index contributed by atoms with van der Waals surface area (Å²) in [6.07, 6.45) is 2.16. The predicted molar refractivity (Wildman–Crippen MR) is 40.5 cm³/mol. The van der Waals surface area contributed by atoms with Crippen molar-refractivity contribution in [2.45, 2.75) is 0 Å². The van der Waals surface area contributed by atoms with Crippen LogP contribution < -0.4 is 0 Å². The zero-order valence-corrected chi connectivity index (χ0v) is 4.31. The fourth-order valence-electron chi connectivity index (χ4n) is 0.196. The molecule has 36 valence electrons. The lowest BCUT2D eigenvalue weighted by Crippen LogP contribution is -1.46. The molecule has 0 saturated heterocycles. The highest BCUT2D eigenvalue weighted by molar-refractivity contribution is 8.78. The first kappa shape index (κ1) is 6.66. The Balaban J connectivity index is 0.000000250. The van der Waals surface area contributed by atoms with E-state index in [0.29, 0.717) is 0 Å². The van der Waals surface area contributed by atoms with Crippen LogP contribution >= 0.6 is 21.6 Å². The molecule has 1 rings (SSSR count). The molecule has 0 aromatic heterocycles. The molecule has 0 bridgehead atoms. The molecule has 1 heterocycles. The SMILES string of the molecule is C1=CSSC1.[SiH4]. The van der Waals surface area contributed by atoms with Crippen molar-refractivity contribution in [3.05, 3.63) is 11.5 Å². The molecule has 0 aromatic rings. The fraction of sp³-hybridized carbons (Fsp3) is 0.333. The minimum absolute atomic E-state index is 0. The maximum Gasteiger partial charge on any atom is 0.0229 e. The predicted octanol–water partition coefficient (Wildman–Crippen LogP) is 0.443. The Morgan fingerprint density at radius 3 is 2.50 bits per heavy atom. The van der Waals surface area contributed by atoms with Crippen molar-refractivity contribution in [2.75, 3.05) is 5.75 Å². The van der Waals surface area contributed by atoms with Crippen molar-refractivity contribution >= 4 is 32.6 Å². The van der Waals surface area contributed by atoms with E-state index in [0.717, 1.165) is 0 Å². The molecule has 0 nitrogen and oxygen atoms in total. The molecule has 0 radical (unpaired) electrons. The van der Waals surface area contributed by atoms with Gasteiger partial charge in [0.15, 0.2) is 0 Å². The first-order chi connectivity index (χ1) is 2.50. The highest BCUT2D eigenvalue weighted by Gasteiger charge is 1.85. The Labute approximate surface area is 50.2 Å². The normalized spacial score (nSPS) is 17.3. The second-order valence-corrected chi connectivity index (χ2v) is 3.07. The third kappa shape index (κ3) is 1.95. The lowest BCUT2D eigenvalue weighted by molar-refractivity contribution is 1.85. The Kier molecular flexibility index (Phi) is 4.25. The minimum Gasteiger partial charge on any atom is -0.0854 e. The summed E-state index contributed by atoms with van der Waals surface area (Å²) in [5, 5.41) is 2.12. The van der Waals surface area contributed by atoms with Gasteiger partial charge in [-0.1, -0.05) is 27.7 Å². The van der Waals surface area contributed by atoms with Gasteiger partial charge in [-0.15, -0.1) is 0 Å². The van der Waals surface area contributed by atoms with Gasteiger partial charge in [-0.2, -0.15) is 0 Å². The van der Waals surface area contributed by atoms with Crippen LogP contribution in [0.25, 0.3) is 0 Å². The van der Waals surface area contributed by atoms with E-state index in [4.69, 9.17) is 0 Å². The summed E-state index contributed by atoms with van der Waals surface area (Å²) in [5.41, 5.74) is 0. The van der Waals surface area contributed by atoms with Crippen molar-refractivity contribution in [1.29, 1.82) is 0 Å². The Morgan fingerprint density at radius 2 is 2.33 bits per heavy atom. The molecule has 0 atom stereocenters. The van der Waals surface area contributed by atoms with Crippen LogP contribution in [0, 0.1) is 0 Å². The molecule has 0 unspecified atom stereocenters. The highest BCUT2D eigenvalue weighted by Crippen LogP contribution is 2.27. The largest absolute Gasteiger partial charge is 0.0854 e. The van der Waals surface area contributed by atoms with E-state index in [-0.39, 0.29) is 11.0 Å². The second kappa shape index (κ2) is 3.83. The molecule has 1 aliphatic rings. The van der Waals surface area contributed by atoms with Crippen LogP contribution in [0.4, 0.5) is 0 Å². The average molecular weight is 136 g/mol. The van der Waals surface area contributed by atoms with Gasteiger partial charge in [0.1, 0.15) is 0 Å². The molecule has 0 saturated carbocycles. The lowest BCUT2D eigenvalue weighted by atomic mass is 10.8. The maximum absolute atomic E-state index is 2.16. The summed E-state index contributed by atoms with van der Waals surface area (Å²) >= 11 is 0. The molecular weight excluding hydrogens is 128 g/mol. The third-order valence-electron chi connectivity index (χ3n) is 0.384. The third-order valence-corrected chi connectivity index (χ3v) is 2.30. The van der Waals surface area contributed by atoms with Crippen molar-refractivity contribution in [2.24, 2.45) is 0 Å². The molecule has 1 aliphatic heterocycles. The van der Waals surface area contributed by atoms with E-state index in [1.165, 1.54) is 5.75 Å². The topological polar surface area (TPSA) is 0 Å². The molecule has 6 heavy (non-hydrogen) atoms. The molecule has 0 aliphatic carbocycles. The number of rotatable bonds is 0. The standard InChI is InChI=1S/C3H4S2.H4Si/c1-2-4-5-3-1;/h1-2H,3H2;1H4. The van der Waals surface area contributed by atoms with E-state index in [9.17, 15) is 0 Å². The van der Waals surface area contributed by atoms with Gasteiger partial charge in [-0.25, -0.2) is 0 Å². The molecular formula is C3H8S2Si. The van der Waals surface area contributed by atoms with Crippen LogP contribution in [0.3, 0.4) is 0 Å². The van der Waals surface area contributed by atoms with Crippen LogP contribution in [0.15, 0.2) is 11.5 Å². The monoisotopic (exact) mass is 136 g/mol. The smallest absolute Gasteiger partial charge is 0.0229 e. The summed E-state index contributed by atoms with van der Waals surface area (Å²) in [6, 6.07) is 0. The maximum atomic E-state index is 2.16. The molecule has 0 fully saturated rings. The van der Waals surface area contributed by atoms with E-state index in [2.05, 4.69) is 11.5 Å². The van der Waals surface area contributed by atoms with Crippen LogP contribution in [-0.2, 0) is 0 Å².